The van der Waals surface area contributed by atoms with Gasteiger partial charge in [0.1, 0.15) is 11.5 Å². The van der Waals surface area contributed by atoms with E-state index >= 15 is 0 Å². The number of hydrogen-bond acceptors (Lipinski definition) is 4. The Kier molecular flexibility index (Phi) is 4.08. The molecular weight excluding hydrogens is 368 g/mol. The van der Waals surface area contributed by atoms with Gasteiger partial charge in [-0.15, -0.1) is 0 Å². The molecule has 0 saturated carbocycles. The molecule has 2 aromatic rings. The maximum absolute atomic E-state index is 10.5. The summed E-state index contributed by atoms with van der Waals surface area (Å²) in [4.78, 5) is 10.5. The second-order valence-electron chi connectivity index (χ2n) is 3.29. The van der Waals surface area contributed by atoms with Gasteiger partial charge in [-0.3, -0.25) is 4.79 Å². The van der Waals surface area contributed by atoms with Crippen LogP contribution in [-0.4, -0.2) is 13.4 Å². The molecule has 0 aliphatic heterocycles. The van der Waals surface area contributed by atoms with E-state index in [1.54, 1.807) is 25.3 Å². The fraction of sp³-hybridized carbons (Fsp3) is 0.0833. The number of benzene rings is 1. The van der Waals surface area contributed by atoms with Crippen LogP contribution < -0.4 is 9.47 Å². The Balaban J connectivity index is 2.28. The largest absolute Gasteiger partial charge is 0.496 e. The van der Waals surface area contributed by atoms with Crippen LogP contribution in [0.2, 0.25) is 0 Å². The van der Waals surface area contributed by atoms with Gasteiger partial charge in [0.25, 0.3) is 5.95 Å². The third-order valence-corrected chi connectivity index (χ3v) is 3.37. The topological polar surface area (TPSA) is 48.7 Å². The molecule has 0 spiro atoms. The SMILES string of the molecule is COc1cc(Br)c(Oc2ccc(C=O)o2)cc1Br. The highest BCUT2D eigenvalue weighted by molar-refractivity contribution is 9.11. The van der Waals surface area contributed by atoms with Crippen molar-refractivity contribution in [3.05, 3.63) is 39.0 Å². The minimum atomic E-state index is 0.216. The van der Waals surface area contributed by atoms with Gasteiger partial charge in [0.2, 0.25) is 0 Å². The van der Waals surface area contributed by atoms with Crippen molar-refractivity contribution in [3.63, 3.8) is 0 Å². The van der Waals surface area contributed by atoms with Crippen molar-refractivity contribution in [1.29, 1.82) is 0 Å². The maximum Gasteiger partial charge on any atom is 0.290 e. The molecule has 0 unspecified atom stereocenters. The number of carbonyl (C=O) groups is 1. The molecule has 4 nitrogen and oxygen atoms in total. The number of hydrogen-bond donors (Lipinski definition) is 0. The van der Waals surface area contributed by atoms with Gasteiger partial charge in [-0.2, -0.15) is 0 Å². The summed E-state index contributed by atoms with van der Waals surface area (Å²) in [5.41, 5.74) is 0. The Morgan fingerprint density at radius 3 is 2.44 bits per heavy atom. The zero-order chi connectivity index (χ0) is 13.1. The lowest BCUT2D eigenvalue weighted by Gasteiger charge is -2.08. The van der Waals surface area contributed by atoms with Gasteiger partial charge in [-0.05, 0) is 44.0 Å². The first-order chi connectivity index (χ1) is 8.63. The molecule has 18 heavy (non-hydrogen) atoms. The Labute approximate surface area is 120 Å². The van der Waals surface area contributed by atoms with Crippen LogP contribution in [0.25, 0.3) is 0 Å². The predicted octanol–water partition coefficient (Wildman–Crippen LogP) is 4.42. The fourth-order valence-corrected chi connectivity index (χ4v) is 2.19. The molecule has 0 amide bonds. The first-order valence-corrected chi connectivity index (χ1v) is 6.48. The van der Waals surface area contributed by atoms with Crippen LogP contribution >= 0.6 is 31.9 Å². The molecular formula is C12H8Br2O4. The van der Waals surface area contributed by atoms with E-state index in [-0.39, 0.29) is 11.7 Å². The molecule has 6 heteroatoms. The highest BCUT2D eigenvalue weighted by Crippen LogP contribution is 2.38. The summed E-state index contributed by atoms with van der Waals surface area (Å²) in [6, 6.07) is 6.62. The summed E-state index contributed by atoms with van der Waals surface area (Å²) in [5, 5.41) is 0. The molecule has 0 saturated heterocycles. The van der Waals surface area contributed by atoms with Crippen LogP contribution in [0.5, 0.6) is 17.4 Å². The Morgan fingerprint density at radius 2 is 1.83 bits per heavy atom. The van der Waals surface area contributed by atoms with Crippen molar-refractivity contribution in [2.24, 2.45) is 0 Å². The van der Waals surface area contributed by atoms with Crippen LogP contribution in [0.3, 0.4) is 0 Å². The number of methoxy groups -OCH3 is 1. The van der Waals surface area contributed by atoms with Crippen molar-refractivity contribution in [2.45, 2.75) is 0 Å². The van der Waals surface area contributed by atoms with Crippen LogP contribution in [0.15, 0.2) is 37.6 Å². The molecule has 94 valence electrons. The van der Waals surface area contributed by atoms with E-state index in [2.05, 4.69) is 31.9 Å². The first kappa shape index (κ1) is 13.2. The molecule has 1 heterocycles. The predicted molar refractivity (Wildman–Crippen MR) is 72.6 cm³/mol. The minimum absolute atomic E-state index is 0.216. The molecule has 0 aliphatic carbocycles. The average Bonchev–Trinajstić information content (AvgIpc) is 2.81. The van der Waals surface area contributed by atoms with E-state index in [1.165, 1.54) is 6.07 Å². The molecule has 0 bridgehead atoms. The third kappa shape index (κ3) is 2.76. The molecule has 0 fully saturated rings. The van der Waals surface area contributed by atoms with Crippen molar-refractivity contribution in [2.75, 3.05) is 7.11 Å². The summed E-state index contributed by atoms with van der Waals surface area (Å²) in [7, 11) is 1.58. The first-order valence-electron chi connectivity index (χ1n) is 4.90. The van der Waals surface area contributed by atoms with Crippen molar-refractivity contribution < 1.29 is 18.7 Å². The van der Waals surface area contributed by atoms with E-state index in [0.717, 1.165) is 4.47 Å². The summed E-state index contributed by atoms with van der Waals surface area (Å²) < 4.78 is 17.3. The van der Waals surface area contributed by atoms with Gasteiger partial charge >= 0.3 is 0 Å². The third-order valence-electron chi connectivity index (χ3n) is 2.14. The number of carbonyl (C=O) groups excluding carboxylic acids is 1. The van der Waals surface area contributed by atoms with Crippen LogP contribution in [0.4, 0.5) is 0 Å². The molecule has 1 aromatic heterocycles. The number of aldehydes is 1. The summed E-state index contributed by atoms with van der Waals surface area (Å²) in [5.74, 6) is 1.69. The van der Waals surface area contributed by atoms with E-state index in [0.29, 0.717) is 22.3 Å². The number of ether oxygens (including phenoxy) is 2. The molecule has 0 radical (unpaired) electrons. The summed E-state index contributed by atoms with van der Waals surface area (Å²) in [6.45, 7) is 0. The van der Waals surface area contributed by atoms with E-state index in [1.807, 2.05) is 0 Å². The molecule has 0 aliphatic rings. The lowest BCUT2D eigenvalue weighted by Crippen LogP contribution is -1.88. The van der Waals surface area contributed by atoms with E-state index in [9.17, 15) is 4.79 Å². The summed E-state index contributed by atoms with van der Waals surface area (Å²) >= 11 is 6.73. The smallest absolute Gasteiger partial charge is 0.290 e. The van der Waals surface area contributed by atoms with Gasteiger partial charge in [-0.25, -0.2) is 0 Å². The highest BCUT2D eigenvalue weighted by Gasteiger charge is 2.11. The van der Waals surface area contributed by atoms with Gasteiger partial charge in [0, 0.05) is 12.1 Å². The second kappa shape index (κ2) is 5.58. The highest BCUT2D eigenvalue weighted by atomic mass is 79.9. The summed E-state index contributed by atoms with van der Waals surface area (Å²) in [6.07, 6.45) is 0.617. The maximum atomic E-state index is 10.5. The van der Waals surface area contributed by atoms with Crippen molar-refractivity contribution >= 4 is 38.1 Å². The number of rotatable bonds is 4. The Morgan fingerprint density at radius 1 is 1.17 bits per heavy atom. The number of furan rings is 1. The van der Waals surface area contributed by atoms with Gasteiger partial charge in [0.05, 0.1) is 16.1 Å². The van der Waals surface area contributed by atoms with Crippen molar-refractivity contribution in [3.8, 4) is 17.4 Å². The van der Waals surface area contributed by atoms with Crippen LogP contribution in [0.1, 0.15) is 10.6 Å². The van der Waals surface area contributed by atoms with Gasteiger partial charge < -0.3 is 13.9 Å². The zero-order valence-corrected chi connectivity index (χ0v) is 12.4. The van der Waals surface area contributed by atoms with Gasteiger partial charge in [-0.1, -0.05) is 0 Å². The number of halogens is 2. The lowest BCUT2D eigenvalue weighted by atomic mass is 10.3. The Hall–Kier alpha value is -1.27. The van der Waals surface area contributed by atoms with Crippen LogP contribution in [-0.2, 0) is 0 Å². The molecule has 0 atom stereocenters. The lowest BCUT2D eigenvalue weighted by molar-refractivity contribution is 0.109. The van der Waals surface area contributed by atoms with Crippen molar-refractivity contribution in [1.82, 2.24) is 0 Å². The average molecular weight is 376 g/mol. The molecule has 1 aromatic carbocycles. The van der Waals surface area contributed by atoms with E-state index in [4.69, 9.17) is 13.9 Å². The normalized spacial score (nSPS) is 10.2. The van der Waals surface area contributed by atoms with E-state index < -0.39 is 0 Å². The molecule has 2 rings (SSSR count). The second-order valence-corrected chi connectivity index (χ2v) is 5.00. The standard InChI is InChI=1S/C12H8Br2O4/c1-16-10-4-9(14)11(5-8(10)13)18-12-3-2-7(6-15)17-12/h2-6H,1H3. The quantitative estimate of drug-likeness (QED) is 0.742. The zero-order valence-electron chi connectivity index (χ0n) is 9.28. The Bertz CT molecular complexity index is 577. The molecule has 0 N–H and O–H groups in total. The van der Waals surface area contributed by atoms with Crippen LogP contribution in [0, 0.1) is 0 Å². The monoisotopic (exact) mass is 374 g/mol. The minimum Gasteiger partial charge on any atom is -0.496 e. The fourth-order valence-electron chi connectivity index (χ4n) is 1.31. The van der Waals surface area contributed by atoms with Gasteiger partial charge in [0.15, 0.2) is 12.0 Å².